The molecule has 1 N–H and O–H groups in total. The van der Waals surface area contributed by atoms with Gasteiger partial charge in [-0.15, -0.1) is 0 Å². The molecule has 0 fully saturated rings. The zero-order chi connectivity index (χ0) is 11.6. The quantitative estimate of drug-likeness (QED) is 0.808. The standard InChI is InChI=1S/C7H14F3NO2S/c1-6(2,3)4-5-11-14(12,13)7(8,9)10/h11H,4-5H2,1-3H3. The van der Waals surface area contributed by atoms with Crippen molar-refractivity contribution >= 4 is 10.0 Å². The average Bonchev–Trinajstić information content (AvgIpc) is 1.80. The molecule has 7 heteroatoms. The Labute approximate surface area is 81.7 Å². The van der Waals surface area contributed by atoms with E-state index >= 15 is 0 Å². The Morgan fingerprint density at radius 3 is 1.86 bits per heavy atom. The minimum absolute atomic E-state index is 0.200. The van der Waals surface area contributed by atoms with Gasteiger partial charge in [-0.05, 0) is 11.8 Å². The molecule has 86 valence electrons. The molecule has 0 saturated carbocycles. The van der Waals surface area contributed by atoms with E-state index in [0.29, 0.717) is 6.42 Å². The van der Waals surface area contributed by atoms with Crippen LogP contribution in [0.3, 0.4) is 0 Å². The molecular weight excluding hydrogens is 219 g/mol. The minimum Gasteiger partial charge on any atom is -0.207 e. The van der Waals surface area contributed by atoms with E-state index in [1.807, 2.05) is 20.8 Å². The Balaban J connectivity index is 4.17. The van der Waals surface area contributed by atoms with Gasteiger partial charge >= 0.3 is 15.5 Å². The van der Waals surface area contributed by atoms with Crippen LogP contribution < -0.4 is 4.72 Å². The molecule has 0 radical (unpaired) electrons. The Morgan fingerprint density at radius 2 is 1.57 bits per heavy atom. The van der Waals surface area contributed by atoms with Gasteiger partial charge in [-0.2, -0.15) is 13.2 Å². The van der Waals surface area contributed by atoms with Crippen molar-refractivity contribution in [1.82, 2.24) is 4.72 Å². The second-order valence-electron chi connectivity index (χ2n) is 4.15. The van der Waals surface area contributed by atoms with Gasteiger partial charge in [0, 0.05) is 6.54 Å². The number of rotatable bonds is 3. The Morgan fingerprint density at radius 1 is 1.14 bits per heavy atom. The highest BCUT2D eigenvalue weighted by atomic mass is 32.2. The highest BCUT2D eigenvalue weighted by Gasteiger charge is 2.45. The van der Waals surface area contributed by atoms with Crippen molar-refractivity contribution in [2.75, 3.05) is 6.54 Å². The maximum atomic E-state index is 11.8. The smallest absolute Gasteiger partial charge is 0.207 e. The van der Waals surface area contributed by atoms with Crippen LogP contribution in [0, 0.1) is 5.41 Å². The molecule has 0 aromatic carbocycles. The molecular formula is C7H14F3NO2S. The molecule has 0 rings (SSSR count). The topological polar surface area (TPSA) is 46.2 Å². The van der Waals surface area contributed by atoms with Crippen LogP contribution in [0.1, 0.15) is 27.2 Å². The largest absolute Gasteiger partial charge is 0.511 e. The van der Waals surface area contributed by atoms with Gasteiger partial charge in [-0.25, -0.2) is 13.1 Å². The van der Waals surface area contributed by atoms with Gasteiger partial charge in [0.1, 0.15) is 0 Å². The molecule has 0 spiro atoms. The van der Waals surface area contributed by atoms with E-state index in [2.05, 4.69) is 0 Å². The highest BCUT2D eigenvalue weighted by molar-refractivity contribution is 7.90. The monoisotopic (exact) mass is 233 g/mol. The fourth-order valence-corrected chi connectivity index (χ4v) is 1.18. The summed E-state index contributed by atoms with van der Waals surface area (Å²) in [7, 11) is -5.17. The van der Waals surface area contributed by atoms with Gasteiger partial charge in [-0.1, -0.05) is 20.8 Å². The summed E-state index contributed by atoms with van der Waals surface area (Å²) in [5, 5.41) is 0. The first-order valence-corrected chi connectivity index (χ1v) is 5.50. The molecule has 3 nitrogen and oxygen atoms in total. The van der Waals surface area contributed by atoms with E-state index in [9.17, 15) is 21.6 Å². The second kappa shape index (κ2) is 4.06. The third kappa shape index (κ3) is 4.80. The Kier molecular flexibility index (Phi) is 3.97. The summed E-state index contributed by atoms with van der Waals surface area (Å²) in [5.41, 5.74) is -5.42. The molecule has 0 bridgehead atoms. The van der Waals surface area contributed by atoms with Crippen LogP contribution >= 0.6 is 0 Å². The van der Waals surface area contributed by atoms with E-state index in [1.54, 1.807) is 0 Å². The maximum absolute atomic E-state index is 11.8. The third-order valence-electron chi connectivity index (χ3n) is 1.47. The van der Waals surface area contributed by atoms with Crippen LogP contribution in [0.5, 0.6) is 0 Å². The molecule has 0 aliphatic carbocycles. The van der Waals surface area contributed by atoms with Crippen LogP contribution in [0.4, 0.5) is 13.2 Å². The lowest BCUT2D eigenvalue weighted by atomic mass is 9.93. The minimum atomic E-state index is -5.22. The number of halogens is 3. The molecule has 0 amide bonds. The first kappa shape index (κ1) is 13.7. The lowest BCUT2D eigenvalue weighted by Gasteiger charge is -2.18. The van der Waals surface area contributed by atoms with Crippen molar-refractivity contribution in [2.45, 2.75) is 32.7 Å². The Bertz CT molecular complexity index is 276. The summed E-state index contributed by atoms with van der Waals surface area (Å²) < 4.78 is 57.9. The third-order valence-corrected chi connectivity index (χ3v) is 2.67. The maximum Gasteiger partial charge on any atom is 0.511 e. The average molecular weight is 233 g/mol. The van der Waals surface area contributed by atoms with Crippen LogP contribution in [-0.2, 0) is 10.0 Å². The normalized spacial score (nSPS) is 14.4. The highest BCUT2D eigenvalue weighted by Crippen LogP contribution is 2.22. The van der Waals surface area contributed by atoms with E-state index in [0.717, 1.165) is 0 Å². The number of alkyl halides is 3. The predicted octanol–water partition coefficient (Wildman–Crippen LogP) is 1.86. The summed E-state index contributed by atoms with van der Waals surface area (Å²) in [6.07, 6.45) is 0.350. The van der Waals surface area contributed by atoms with Crippen molar-refractivity contribution in [3.8, 4) is 0 Å². The lowest BCUT2D eigenvalue weighted by Crippen LogP contribution is -2.37. The first-order valence-electron chi connectivity index (χ1n) is 4.02. The number of sulfonamides is 1. The van der Waals surface area contributed by atoms with Gasteiger partial charge in [0.25, 0.3) is 0 Å². The zero-order valence-corrected chi connectivity index (χ0v) is 9.09. The molecule has 0 aliphatic rings. The summed E-state index contributed by atoms with van der Waals surface area (Å²) in [6.45, 7) is 5.24. The number of hydrogen-bond donors (Lipinski definition) is 1. The zero-order valence-electron chi connectivity index (χ0n) is 8.27. The summed E-state index contributed by atoms with van der Waals surface area (Å²) >= 11 is 0. The fraction of sp³-hybridized carbons (Fsp3) is 1.00. The SMILES string of the molecule is CC(C)(C)CCNS(=O)(=O)C(F)(F)F. The van der Waals surface area contributed by atoms with Gasteiger partial charge in [0.05, 0.1) is 0 Å². The lowest BCUT2D eigenvalue weighted by molar-refractivity contribution is -0.0448. The number of hydrogen-bond acceptors (Lipinski definition) is 2. The molecule has 0 atom stereocenters. The predicted molar refractivity (Wildman–Crippen MR) is 47.0 cm³/mol. The van der Waals surface area contributed by atoms with Crippen molar-refractivity contribution in [2.24, 2.45) is 5.41 Å². The van der Waals surface area contributed by atoms with Gasteiger partial charge in [-0.3, -0.25) is 0 Å². The molecule has 14 heavy (non-hydrogen) atoms. The van der Waals surface area contributed by atoms with E-state index in [-0.39, 0.29) is 12.0 Å². The summed E-state index contributed by atoms with van der Waals surface area (Å²) in [4.78, 5) is 0. The fourth-order valence-electron chi connectivity index (χ4n) is 0.642. The molecule has 0 heterocycles. The van der Waals surface area contributed by atoms with Crippen molar-refractivity contribution in [3.63, 3.8) is 0 Å². The summed E-state index contributed by atoms with van der Waals surface area (Å²) in [6, 6.07) is 0. The molecule has 0 saturated heterocycles. The van der Waals surface area contributed by atoms with Crippen LogP contribution in [0.2, 0.25) is 0 Å². The van der Waals surface area contributed by atoms with Crippen LogP contribution in [0.25, 0.3) is 0 Å². The van der Waals surface area contributed by atoms with Crippen molar-refractivity contribution in [3.05, 3.63) is 0 Å². The van der Waals surface area contributed by atoms with Crippen LogP contribution in [-0.4, -0.2) is 20.5 Å². The second-order valence-corrected chi connectivity index (χ2v) is 5.91. The molecule has 0 aromatic rings. The Hall–Kier alpha value is -0.300. The van der Waals surface area contributed by atoms with E-state index in [1.165, 1.54) is 4.72 Å². The van der Waals surface area contributed by atoms with Gasteiger partial charge < -0.3 is 0 Å². The van der Waals surface area contributed by atoms with E-state index < -0.39 is 15.5 Å². The number of nitrogens with one attached hydrogen (secondary N) is 1. The molecule has 0 aliphatic heterocycles. The van der Waals surface area contributed by atoms with Crippen LogP contribution in [0.15, 0.2) is 0 Å². The molecule has 0 aromatic heterocycles. The molecule has 0 unspecified atom stereocenters. The summed E-state index contributed by atoms with van der Waals surface area (Å²) in [5.74, 6) is 0. The van der Waals surface area contributed by atoms with E-state index in [4.69, 9.17) is 0 Å². The van der Waals surface area contributed by atoms with Gasteiger partial charge in [0.2, 0.25) is 0 Å². The first-order chi connectivity index (χ1) is 5.96. The van der Waals surface area contributed by atoms with Crippen molar-refractivity contribution < 1.29 is 21.6 Å². The van der Waals surface area contributed by atoms with Crippen molar-refractivity contribution in [1.29, 1.82) is 0 Å². The van der Waals surface area contributed by atoms with Gasteiger partial charge in [0.15, 0.2) is 0 Å².